The van der Waals surface area contributed by atoms with Crippen LogP contribution in [0.2, 0.25) is 0 Å². The maximum Gasteiger partial charge on any atom is 0.143 e. The molecule has 10 aromatic carbocycles. The Morgan fingerprint density at radius 2 is 0.983 bits per heavy atom. The van der Waals surface area contributed by atoms with Crippen molar-refractivity contribution in [3.8, 4) is 44.5 Å². The average Bonchev–Trinajstić information content (AvgIpc) is 3.93. The smallest absolute Gasteiger partial charge is 0.143 e. The van der Waals surface area contributed by atoms with E-state index in [1.54, 1.807) is 0 Å². The Morgan fingerprint density at radius 3 is 1.75 bits per heavy atom. The van der Waals surface area contributed by atoms with Crippen LogP contribution >= 0.6 is 11.3 Å². The van der Waals surface area contributed by atoms with Gasteiger partial charge in [-0.25, -0.2) is 0 Å². The molecule has 59 heavy (non-hydrogen) atoms. The molecule has 1 aliphatic rings. The van der Waals surface area contributed by atoms with Crippen LogP contribution in [-0.2, 0) is 5.41 Å². The summed E-state index contributed by atoms with van der Waals surface area (Å²) in [7, 11) is 0. The minimum Gasteiger partial charge on any atom is -0.455 e. The van der Waals surface area contributed by atoms with Gasteiger partial charge in [0.05, 0.1) is 0 Å². The molecule has 0 aliphatic heterocycles. The Morgan fingerprint density at radius 1 is 0.390 bits per heavy atom. The monoisotopic (exact) mass is 768 g/mol. The predicted molar refractivity (Wildman–Crippen MR) is 253 cm³/mol. The van der Waals surface area contributed by atoms with Crippen molar-refractivity contribution in [1.82, 2.24) is 0 Å². The van der Waals surface area contributed by atoms with E-state index in [2.05, 4.69) is 196 Å². The molecule has 1 aliphatic carbocycles. The fraction of sp³-hybridized carbons (Fsp3) is 0.0526. The molecule has 1 nitrogen and oxygen atoms in total. The Hall–Kier alpha value is -7.00. The van der Waals surface area contributed by atoms with Gasteiger partial charge < -0.3 is 4.42 Å². The van der Waals surface area contributed by atoms with Crippen LogP contribution in [0.4, 0.5) is 0 Å². The van der Waals surface area contributed by atoms with Gasteiger partial charge in [0.1, 0.15) is 11.2 Å². The number of thiophene rings is 1. The Balaban J connectivity index is 0.949. The zero-order valence-corrected chi connectivity index (χ0v) is 33.5. The van der Waals surface area contributed by atoms with E-state index >= 15 is 0 Å². The zero-order valence-electron chi connectivity index (χ0n) is 32.6. The Labute approximate surface area is 345 Å². The summed E-state index contributed by atoms with van der Waals surface area (Å²) in [6.07, 6.45) is 0. The summed E-state index contributed by atoms with van der Waals surface area (Å²) in [5, 5.41) is 12.4. The average molecular weight is 769 g/mol. The highest BCUT2D eigenvalue weighted by atomic mass is 32.1. The topological polar surface area (TPSA) is 13.1 Å². The van der Waals surface area contributed by atoms with Crippen LogP contribution < -0.4 is 0 Å². The fourth-order valence-electron chi connectivity index (χ4n) is 10.5. The van der Waals surface area contributed by atoms with Gasteiger partial charge in [0.2, 0.25) is 0 Å². The Kier molecular flexibility index (Phi) is 6.73. The molecule has 2 heteroatoms. The first kappa shape index (κ1) is 33.0. The largest absolute Gasteiger partial charge is 0.455 e. The molecule has 12 aromatic rings. The lowest BCUT2D eigenvalue weighted by Crippen LogP contribution is -2.14. The second kappa shape index (κ2) is 12.0. The van der Waals surface area contributed by atoms with Crippen LogP contribution in [-0.4, -0.2) is 0 Å². The van der Waals surface area contributed by atoms with Crippen molar-refractivity contribution >= 4 is 85.8 Å². The molecule has 0 saturated carbocycles. The number of hydrogen-bond donors (Lipinski definition) is 0. The van der Waals surface area contributed by atoms with E-state index in [0.717, 1.165) is 16.6 Å². The van der Waals surface area contributed by atoms with Gasteiger partial charge in [-0.15, -0.1) is 11.3 Å². The zero-order chi connectivity index (χ0) is 39.0. The van der Waals surface area contributed by atoms with Crippen LogP contribution in [0.25, 0.3) is 119 Å². The van der Waals surface area contributed by atoms with Crippen molar-refractivity contribution in [2.75, 3.05) is 0 Å². The second-order valence-electron chi connectivity index (χ2n) is 16.7. The molecule has 0 saturated heterocycles. The summed E-state index contributed by atoms with van der Waals surface area (Å²) in [4.78, 5) is 0. The molecule has 0 bridgehead atoms. The lowest BCUT2D eigenvalue weighted by molar-refractivity contribution is 0.660. The fourth-order valence-corrected chi connectivity index (χ4v) is 11.6. The van der Waals surface area contributed by atoms with Gasteiger partial charge in [0.15, 0.2) is 0 Å². The molecule has 13 rings (SSSR count). The predicted octanol–water partition coefficient (Wildman–Crippen LogP) is 16.7. The molecule has 0 radical (unpaired) electrons. The van der Waals surface area contributed by atoms with E-state index < -0.39 is 0 Å². The maximum absolute atomic E-state index is 6.73. The highest BCUT2D eigenvalue weighted by Gasteiger charge is 2.35. The normalized spacial score (nSPS) is 13.4. The van der Waals surface area contributed by atoms with E-state index in [1.165, 1.54) is 114 Å². The molecule has 276 valence electrons. The highest BCUT2D eigenvalue weighted by Crippen LogP contribution is 2.51. The highest BCUT2D eigenvalue weighted by molar-refractivity contribution is 7.26. The van der Waals surface area contributed by atoms with E-state index in [1.807, 2.05) is 11.3 Å². The molecule has 2 heterocycles. The van der Waals surface area contributed by atoms with Crippen LogP contribution in [0.1, 0.15) is 25.0 Å². The van der Waals surface area contributed by atoms with Gasteiger partial charge in [-0.3, -0.25) is 0 Å². The molecule has 0 N–H and O–H groups in total. The summed E-state index contributed by atoms with van der Waals surface area (Å²) in [6.45, 7) is 4.70. The molecular formula is C57H36OS. The third-order valence-corrected chi connectivity index (χ3v) is 14.4. The van der Waals surface area contributed by atoms with Crippen molar-refractivity contribution in [3.63, 3.8) is 0 Å². The molecule has 0 unspecified atom stereocenters. The van der Waals surface area contributed by atoms with Gasteiger partial charge in [-0.1, -0.05) is 159 Å². The van der Waals surface area contributed by atoms with E-state index in [0.29, 0.717) is 0 Å². The van der Waals surface area contributed by atoms with Crippen molar-refractivity contribution in [3.05, 3.63) is 193 Å². The third kappa shape index (κ3) is 4.61. The number of rotatable bonds is 3. The number of hydrogen-bond acceptors (Lipinski definition) is 2. The minimum absolute atomic E-state index is 0.0238. The number of benzene rings is 10. The lowest BCUT2D eigenvalue weighted by Gasteiger charge is -2.22. The second-order valence-corrected chi connectivity index (χ2v) is 17.8. The molecule has 0 amide bonds. The quantitative estimate of drug-likeness (QED) is 0.163. The standard InChI is InChI=1S/C57H36OS/c1-57(2)47-17-9-7-11-38(47)46-32-37(26-28-48(46)57)53-41-14-5-3-12-39(41)52(40-13-4-6-15-42(40)53)35-22-19-33(20-23-35)36-24-21-34-25-27-44-54-49(58-56(44)45(34)31-36)29-30-51-55(54)43-16-8-10-18-50(43)59-51/h3-32H,1-2H3. The van der Waals surface area contributed by atoms with E-state index in [4.69, 9.17) is 4.42 Å². The minimum atomic E-state index is -0.0238. The third-order valence-electron chi connectivity index (χ3n) is 13.3. The molecule has 0 spiro atoms. The van der Waals surface area contributed by atoms with Gasteiger partial charge in [0, 0.05) is 41.7 Å². The summed E-state index contributed by atoms with van der Waals surface area (Å²) in [5.74, 6) is 0. The van der Waals surface area contributed by atoms with Crippen LogP contribution in [0.15, 0.2) is 186 Å². The molecule has 2 aromatic heterocycles. The van der Waals surface area contributed by atoms with Crippen molar-refractivity contribution in [1.29, 1.82) is 0 Å². The first-order valence-electron chi connectivity index (χ1n) is 20.5. The summed E-state index contributed by atoms with van der Waals surface area (Å²) >= 11 is 1.85. The molecule has 0 fully saturated rings. The van der Waals surface area contributed by atoms with Gasteiger partial charge in [0.25, 0.3) is 0 Å². The van der Waals surface area contributed by atoms with Crippen LogP contribution in [0.3, 0.4) is 0 Å². The van der Waals surface area contributed by atoms with Gasteiger partial charge in [-0.05, 0) is 119 Å². The first-order chi connectivity index (χ1) is 29.0. The summed E-state index contributed by atoms with van der Waals surface area (Å²) in [6, 6.07) is 67.6. The first-order valence-corrected chi connectivity index (χ1v) is 21.3. The number of furan rings is 1. The lowest BCUT2D eigenvalue weighted by atomic mass is 9.81. The van der Waals surface area contributed by atoms with Crippen LogP contribution in [0, 0.1) is 0 Å². The van der Waals surface area contributed by atoms with E-state index in [-0.39, 0.29) is 5.41 Å². The molecular weight excluding hydrogens is 733 g/mol. The van der Waals surface area contributed by atoms with Crippen LogP contribution in [0.5, 0.6) is 0 Å². The van der Waals surface area contributed by atoms with Crippen molar-refractivity contribution in [2.24, 2.45) is 0 Å². The van der Waals surface area contributed by atoms with Crippen molar-refractivity contribution in [2.45, 2.75) is 19.3 Å². The van der Waals surface area contributed by atoms with Gasteiger partial charge >= 0.3 is 0 Å². The maximum atomic E-state index is 6.73. The van der Waals surface area contributed by atoms with Gasteiger partial charge in [-0.2, -0.15) is 0 Å². The van der Waals surface area contributed by atoms with Crippen molar-refractivity contribution < 1.29 is 4.42 Å². The SMILES string of the molecule is CC1(C)c2ccccc2-c2cc(-c3c4ccccc4c(-c4ccc(-c5ccc6ccc7c(oc8ccc9sc%10ccccc%10c9c87)c6c5)cc4)c4ccccc34)ccc21. The number of fused-ring (bicyclic) bond motifs is 14. The van der Waals surface area contributed by atoms with E-state index in [9.17, 15) is 0 Å². The summed E-state index contributed by atoms with van der Waals surface area (Å²) < 4.78 is 9.34. The Bertz CT molecular complexity index is 3690. The molecule has 0 atom stereocenters. The summed E-state index contributed by atoms with van der Waals surface area (Å²) in [5.41, 5.74) is 14.8.